The van der Waals surface area contributed by atoms with Crippen LogP contribution in [0.1, 0.15) is 16.8 Å². The van der Waals surface area contributed by atoms with Crippen LogP contribution in [0.5, 0.6) is 5.75 Å². The number of hydrogen-bond donors (Lipinski definition) is 2. The van der Waals surface area contributed by atoms with Crippen molar-refractivity contribution in [3.63, 3.8) is 0 Å². The molecular formula is C19H17ClN2O4. The van der Waals surface area contributed by atoms with Crippen molar-refractivity contribution in [3.8, 4) is 16.9 Å². The van der Waals surface area contributed by atoms with Crippen molar-refractivity contribution in [1.82, 2.24) is 4.90 Å². The Bertz CT molecular complexity index is 914. The molecule has 1 fully saturated rings. The molecule has 2 aliphatic heterocycles. The molecule has 2 amide bonds. The van der Waals surface area contributed by atoms with Crippen LogP contribution in [0.2, 0.25) is 5.02 Å². The first-order chi connectivity index (χ1) is 12.5. The summed E-state index contributed by atoms with van der Waals surface area (Å²) >= 11 is 6.11. The Morgan fingerprint density at radius 2 is 2.00 bits per heavy atom. The van der Waals surface area contributed by atoms with E-state index in [0.717, 1.165) is 11.1 Å². The van der Waals surface area contributed by atoms with Crippen molar-refractivity contribution in [2.45, 2.75) is 18.6 Å². The molecule has 2 N–H and O–H groups in total. The molecule has 0 aromatic heterocycles. The van der Waals surface area contributed by atoms with Crippen molar-refractivity contribution in [2.75, 3.05) is 19.0 Å². The number of carbonyl (C=O) groups excluding carboxylic acids is 2. The highest BCUT2D eigenvalue weighted by molar-refractivity contribution is 6.31. The molecule has 2 atom stereocenters. The number of anilines is 1. The summed E-state index contributed by atoms with van der Waals surface area (Å²) in [6.45, 7) is 0.154. The van der Waals surface area contributed by atoms with Gasteiger partial charge in [-0.2, -0.15) is 0 Å². The van der Waals surface area contributed by atoms with Gasteiger partial charge < -0.3 is 20.1 Å². The number of aliphatic hydroxyl groups excluding tert-OH is 1. The molecule has 134 valence electrons. The number of ether oxygens (including phenoxy) is 1. The van der Waals surface area contributed by atoms with Crippen LogP contribution in [0.15, 0.2) is 36.4 Å². The quantitative estimate of drug-likeness (QED) is 0.849. The van der Waals surface area contributed by atoms with Crippen molar-refractivity contribution < 1.29 is 19.4 Å². The maximum absolute atomic E-state index is 13.0. The van der Waals surface area contributed by atoms with Crippen LogP contribution in [0.4, 0.5) is 5.69 Å². The van der Waals surface area contributed by atoms with E-state index in [9.17, 15) is 14.7 Å². The summed E-state index contributed by atoms with van der Waals surface area (Å²) in [5.41, 5.74) is 2.36. The van der Waals surface area contributed by atoms with Gasteiger partial charge >= 0.3 is 0 Å². The van der Waals surface area contributed by atoms with Crippen LogP contribution in [-0.2, 0) is 4.79 Å². The standard InChI is InChI=1S/C19H17ClN2O4/c1-26-17-5-3-11(20)7-13(17)10-2-4-15-14(6-10)19(25)22-9-12(23)8-16(22)18(24)21-15/h2-7,12,16,23H,8-9H2,1H3,(H,21,24). The zero-order valence-electron chi connectivity index (χ0n) is 14.0. The first kappa shape index (κ1) is 16.9. The van der Waals surface area contributed by atoms with Crippen LogP contribution in [0, 0.1) is 0 Å². The number of benzene rings is 2. The number of methoxy groups -OCH3 is 1. The van der Waals surface area contributed by atoms with E-state index in [1.54, 1.807) is 37.4 Å². The monoisotopic (exact) mass is 372 g/mol. The minimum absolute atomic E-state index is 0.154. The third kappa shape index (κ3) is 2.71. The van der Waals surface area contributed by atoms with Crippen molar-refractivity contribution >= 4 is 29.1 Å². The lowest BCUT2D eigenvalue weighted by Gasteiger charge is -2.19. The minimum Gasteiger partial charge on any atom is -0.496 e. The summed E-state index contributed by atoms with van der Waals surface area (Å²) < 4.78 is 5.39. The van der Waals surface area contributed by atoms with Gasteiger partial charge in [0.15, 0.2) is 0 Å². The van der Waals surface area contributed by atoms with Crippen molar-refractivity contribution in [1.29, 1.82) is 0 Å². The van der Waals surface area contributed by atoms with E-state index in [-0.39, 0.29) is 24.8 Å². The average Bonchev–Trinajstić information content (AvgIpc) is 2.99. The van der Waals surface area contributed by atoms with Gasteiger partial charge in [-0.05, 0) is 35.9 Å². The minimum atomic E-state index is -0.688. The maximum Gasteiger partial charge on any atom is 0.256 e. The highest BCUT2D eigenvalue weighted by Crippen LogP contribution is 2.36. The predicted molar refractivity (Wildman–Crippen MR) is 97.5 cm³/mol. The van der Waals surface area contributed by atoms with Gasteiger partial charge in [0.05, 0.1) is 24.5 Å². The molecule has 2 aromatic rings. The maximum atomic E-state index is 13.0. The Morgan fingerprint density at radius 1 is 1.19 bits per heavy atom. The number of amides is 2. The Balaban J connectivity index is 1.82. The van der Waals surface area contributed by atoms with E-state index in [0.29, 0.717) is 22.0 Å². The molecule has 0 bridgehead atoms. The molecule has 26 heavy (non-hydrogen) atoms. The first-order valence-corrected chi connectivity index (χ1v) is 8.63. The third-order valence-electron chi connectivity index (χ3n) is 4.82. The fourth-order valence-electron chi connectivity index (χ4n) is 3.56. The molecule has 2 aromatic carbocycles. The van der Waals surface area contributed by atoms with Crippen LogP contribution in [0.3, 0.4) is 0 Å². The summed E-state index contributed by atoms with van der Waals surface area (Å²) in [5, 5.41) is 13.2. The van der Waals surface area contributed by atoms with Crippen LogP contribution < -0.4 is 10.1 Å². The predicted octanol–water partition coefficient (Wildman–Crippen LogP) is 2.54. The Morgan fingerprint density at radius 3 is 2.77 bits per heavy atom. The molecule has 0 spiro atoms. The van der Waals surface area contributed by atoms with Crippen LogP contribution >= 0.6 is 11.6 Å². The number of hydrogen-bond acceptors (Lipinski definition) is 4. The Hall–Kier alpha value is -2.57. The summed E-state index contributed by atoms with van der Waals surface area (Å²) in [7, 11) is 1.57. The number of aliphatic hydroxyl groups is 1. The van der Waals surface area contributed by atoms with E-state index >= 15 is 0 Å². The van der Waals surface area contributed by atoms with Gasteiger partial charge in [-0.1, -0.05) is 17.7 Å². The molecule has 0 saturated carbocycles. The van der Waals surface area contributed by atoms with E-state index in [1.807, 2.05) is 6.07 Å². The van der Waals surface area contributed by atoms with E-state index in [4.69, 9.17) is 16.3 Å². The molecule has 0 aliphatic carbocycles. The van der Waals surface area contributed by atoms with Gasteiger partial charge in [-0.25, -0.2) is 0 Å². The molecule has 2 aliphatic rings. The summed E-state index contributed by atoms with van der Waals surface area (Å²) in [6, 6.07) is 9.86. The number of nitrogens with one attached hydrogen (secondary N) is 1. The second kappa shape index (κ2) is 6.30. The van der Waals surface area contributed by atoms with Crippen LogP contribution in [0.25, 0.3) is 11.1 Å². The van der Waals surface area contributed by atoms with Crippen LogP contribution in [-0.4, -0.2) is 47.6 Å². The van der Waals surface area contributed by atoms with E-state index in [2.05, 4.69) is 5.32 Å². The normalized spacial score (nSPS) is 21.7. The second-order valence-electron chi connectivity index (χ2n) is 6.46. The summed E-state index contributed by atoms with van der Waals surface area (Å²) in [5.74, 6) is 0.0819. The van der Waals surface area contributed by atoms with Gasteiger partial charge in [0.1, 0.15) is 11.8 Å². The van der Waals surface area contributed by atoms with E-state index < -0.39 is 12.1 Å². The first-order valence-electron chi connectivity index (χ1n) is 8.26. The Kier molecular flexibility index (Phi) is 4.09. The highest BCUT2D eigenvalue weighted by Gasteiger charge is 2.42. The Labute approximate surface area is 155 Å². The van der Waals surface area contributed by atoms with Gasteiger partial charge in [-0.15, -0.1) is 0 Å². The molecule has 4 rings (SSSR count). The average molecular weight is 373 g/mol. The molecule has 1 saturated heterocycles. The lowest BCUT2D eigenvalue weighted by atomic mass is 10.0. The fraction of sp³-hybridized carbons (Fsp3) is 0.263. The SMILES string of the molecule is COc1ccc(Cl)cc1-c1ccc2c(c1)C(=O)N1CC(O)CC1C(=O)N2. The fourth-order valence-corrected chi connectivity index (χ4v) is 3.73. The molecule has 0 radical (unpaired) electrons. The number of carbonyl (C=O) groups is 2. The van der Waals surface area contributed by atoms with Gasteiger partial charge in [0.2, 0.25) is 5.91 Å². The zero-order valence-corrected chi connectivity index (χ0v) is 14.8. The highest BCUT2D eigenvalue weighted by atomic mass is 35.5. The lowest BCUT2D eigenvalue weighted by molar-refractivity contribution is -0.119. The topological polar surface area (TPSA) is 78.9 Å². The molecule has 6 nitrogen and oxygen atoms in total. The lowest BCUT2D eigenvalue weighted by Crippen LogP contribution is -2.40. The smallest absolute Gasteiger partial charge is 0.256 e. The molecule has 2 heterocycles. The van der Waals surface area contributed by atoms with Crippen molar-refractivity contribution in [2.24, 2.45) is 0 Å². The molecular weight excluding hydrogens is 356 g/mol. The number of fused-ring (bicyclic) bond motifs is 2. The van der Waals surface area contributed by atoms with Crippen molar-refractivity contribution in [3.05, 3.63) is 47.0 Å². The molecule has 7 heteroatoms. The van der Waals surface area contributed by atoms with Gasteiger partial charge in [0, 0.05) is 23.6 Å². The third-order valence-corrected chi connectivity index (χ3v) is 5.06. The van der Waals surface area contributed by atoms with Gasteiger partial charge in [-0.3, -0.25) is 9.59 Å². The summed E-state index contributed by atoms with van der Waals surface area (Å²) in [4.78, 5) is 26.8. The summed E-state index contributed by atoms with van der Waals surface area (Å²) in [6.07, 6.45) is -0.437. The second-order valence-corrected chi connectivity index (χ2v) is 6.89. The number of nitrogens with zero attached hydrogens (tertiary/aromatic N) is 1. The van der Waals surface area contributed by atoms with Gasteiger partial charge in [0.25, 0.3) is 5.91 Å². The number of rotatable bonds is 2. The molecule has 2 unspecified atom stereocenters. The zero-order chi connectivity index (χ0) is 18.4. The largest absolute Gasteiger partial charge is 0.496 e. The van der Waals surface area contributed by atoms with E-state index in [1.165, 1.54) is 4.90 Å². The number of halogens is 1.